The first-order valence-corrected chi connectivity index (χ1v) is 4.41. The summed E-state index contributed by atoms with van der Waals surface area (Å²) in [5.74, 6) is -4.62. The van der Waals surface area contributed by atoms with Crippen molar-refractivity contribution in [3.05, 3.63) is 21.6 Å². The highest BCUT2D eigenvalue weighted by Gasteiger charge is 2.21. The molecule has 0 saturated heterocycles. The normalized spacial score (nSPS) is 10.3. The van der Waals surface area contributed by atoms with Crippen molar-refractivity contribution >= 4 is 22.9 Å². The fourth-order valence-corrected chi connectivity index (χ4v) is 1.57. The molecular weight excluding hydrogens is 217 g/mol. The molecular formula is C8H5F3O2S. The highest BCUT2D eigenvalue weighted by molar-refractivity contribution is 7.10. The fraction of sp³-hybridized carbons (Fsp3) is 0.250. The highest BCUT2D eigenvalue weighted by Crippen LogP contribution is 2.24. The van der Waals surface area contributed by atoms with E-state index >= 15 is 0 Å². The molecule has 0 aliphatic heterocycles. The van der Waals surface area contributed by atoms with E-state index in [-0.39, 0.29) is 16.2 Å². The number of Topliss-reactive ketones (excluding diaryl/α,β-unsaturated/α-hetero) is 2. The summed E-state index contributed by atoms with van der Waals surface area (Å²) in [6.45, 7) is 1.01. The van der Waals surface area contributed by atoms with E-state index in [4.69, 9.17) is 0 Å². The third-order valence-corrected chi connectivity index (χ3v) is 2.47. The van der Waals surface area contributed by atoms with E-state index in [1.807, 2.05) is 0 Å². The molecule has 0 unspecified atom stereocenters. The molecule has 1 aromatic rings. The standard InChI is InChI=1S/C8H5F3O2S/c1-3(12)4(13)2-5-6(9)7(10)8(11)14-5/h2H2,1H3. The summed E-state index contributed by atoms with van der Waals surface area (Å²) in [4.78, 5) is 20.9. The van der Waals surface area contributed by atoms with Crippen molar-refractivity contribution in [1.29, 1.82) is 0 Å². The van der Waals surface area contributed by atoms with E-state index in [0.29, 0.717) is 0 Å². The molecule has 2 nitrogen and oxygen atoms in total. The molecule has 0 saturated carbocycles. The molecule has 1 heterocycles. The zero-order valence-electron chi connectivity index (χ0n) is 7.07. The van der Waals surface area contributed by atoms with Crippen molar-refractivity contribution in [3.63, 3.8) is 0 Å². The van der Waals surface area contributed by atoms with Gasteiger partial charge in [-0.1, -0.05) is 0 Å². The summed E-state index contributed by atoms with van der Waals surface area (Å²) < 4.78 is 37.7. The van der Waals surface area contributed by atoms with Crippen LogP contribution < -0.4 is 0 Å². The average molecular weight is 222 g/mol. The van der Waals surface area contributed by atoms with Crippen LogP contribution in [0.2, 0.25) is 0 Å². The van der Waals surface area contributed by atoms with E-state index in [1.54, 1.807) is 0 Å². The van der Waals surface area contributed by atoms with Crippen LogP contribution in [0, 0.1) is 16.8 Å². The molecule has 0 aliphatic carbocycles. The summed E-state index contributed by atoms with van der Waals surface area (Å²) in [5.41, 5.74) is 0. The third kappa shape index (κ3) is 2.01. The number of hydrogen-bond donors (Lipinski definition) is 0. The maximum atomic E-state index is 12.8. The van der Waals surface area contributed by atoms with E-state index in [1.165, 1.54) is 0 Å². The minimum absolute atomic E-state index is 0.197. The van der Waals surface area contributed by atoms with Crippen LogP contribution >= 0.6 is 11.3 Å². The lowest BCUT2D eigenvalue weighted by molar-refractivity contribution is -0.134. The van der Waals surface area contributed by atoms with E-state index in [2.05, 4.69) is 0 Å². The van der Waals surface area contributed by atoms with Gasteiger partial charge in [-0.3, -0.25) is 9.59 Å². The third-order valence-electron chi connectivity index (χ3n) is 1.54. The van der Waals surface area contributed by atoms with Gasteiger partial charge in [0.05, 0.1) is 11.3 Å². The van der Waals surface area contributed by atoms with Crippen LogP contribution in [0.1, 0.15) is 11.8 Å². The Balaban J connectivity index is 2.93. The Bertz CT molecular complexity index is 398. The SMILES string of the molecule is CC(=O)C(=O)Cc1sc(F)c(F)c1F. The summed E-state index contributed by atoms with van der Waals surface area (Å²) >= 11 is 0.197. The maximum Gasteiger partial charge on any atom is 0.215 e. The minimum atomic E-state index is -1.60. The van der Waals surface area contributed by atoms with Gasteiger partial charge in [0.25, 0.3) is 0 Å². The predicted molar refractivity (Wildman–Crippen MR) is 43.6 cm³/mol. The summed E-state index contributed by atoms with van der Waals surface area (Å²) in [6, 6.07) is 0. The van der Waals surface area contributed by atoms with Crippen LogP contribution in [-0.4, -0.2) is 11.6 Å². The number of halogens is 3. The van der Waals surface area contributed by atoms with Gasteiger partial charge in [-0.25, -0.2) is 4.39 Å². The Morgan fingerprint density at radius 3 is 2.14 bits per heavy atom. The molecule has 0 aromatic carbocycles. The zero-order chi connectivity index (χ0) is 10.9. The molecule has 6 heteroatoms. The van der Waals surface area contributed by atoms with E-state index < -0.39 is 34.8 Å². The maximum absolute atomic E-state index is 12.8. The van der Waals surface area contributed by atoms with Gasteiger partial charge >= 0.3 is 0 Å². The largest absolute Gasteiger partial charge is 0.291 e. The first-order valence-electron chi connectivity index (χ1n) is 3.59. The molecule has 0 atom stereocenters. The Morgan fingerprint density at radius 2 is 1.79 bits per heavy atom. The number of rotatable bonds is 3. The second kappa shape index (κ2) is 3.91. The van der Waals surface area contributed by atoms with Gasteiger partial charge in [-0.05, 0) is 0 Å². The first kappa shape index (κ1) is 10.9. The molecule has 0 bridgehead atoms. The molecule has 14 heavy (non-hydrogen) atoms. The highest BCUT2D eigenvalue weighted by atomic mass is 32.1. The molecule has 0 radical (unpaired) electrons. The van der Waals surface area contributed by atoms with Crippen LogP contribution in [0.15, 0.2) is 0 Å². The number of thiophene rings is 1. The Kier molecular flexibility index (Phi) is 3.05. The molecule has 1 rings (SSSR count). The molecule has 76 valence electrons. The van der Waals surface area contributed by atoms with Crippen LogP contribution in [0.4, 0.5) is 13.2 Å². The molecule has 0 fully saturated rings. The van der Waals surface area contributed by atoms with Crippen LogP contribution in [0.3, 0.4) is 0 Å². The second-order valence-corrected chi connectivity index (χ2v) is 3.64. The number of ketones is 2. The first-order chi connectivity index (χ1) is 6.43. The van der Waals surface area contributed by atoms with Crippen LogP contribution in [-0.2, 0) is 16.0 Å². The smallest absolute Gasteiger partial charge is 0.215 e. The monoisotopic (exact) mass is 222 g/mol. The van der Waals surface area contributed by atoms with Gasteiger partial charge < -0.3 is 0 Å². The van der Waals surface area contributed by atoms with Gasteiger partial charge in [0.1, 0.15) is 0 Å². The van der Waals surface area contributed by atoms with Crippen molar-refractivity contribution in [2.75, 3.05) is 0 Å². The van der Waals surface area contributed by atoms with Crippen molar-refractivity contribution in [2.24, 2.45) is 0 Å². The van der Waals surface area contributed by atoms with Crippen LogP contribution in [0.5, 0.6) is 0 Å². The topological polar surface area (TPSA) is 34.1 Å². The minimum Gasteiger partial charge on any atom is -0.291 e. The van der Waals surface area contributed by atoms with Gasteiger partial charge in [0, 0.05) is 6.92 Å². The summed E-state index contributed by atoms with van der Waals surface area (Å²) in [6.07, 6.45) is -0.591. The van der Waals surface area contributed by atoms with Crippen molar-refractivity contribution in [1.82, 2.24) is 0 Å². The van der Waals surface area contributed by atoms with Gasteiger partial charge in [0.15, 0.2) is 11.6 Å². The van der Waals surface area contributed by atoms with Crippen LogP contribution in [0.25, 0.3) is 0 Å². The number of carbonyl (C=O) groups is 2. The molecule has 0 N–H and O–H groups in total. The van der Waals surface area contributed by atoms with Gasteiger partial charge in [-0.2, -0.15) is 8.78 Å². The molecule has 0 amide bonds. The average Bonchev–Trinajstić information content (AvgIpc) is 2.33. The van der Waals surface area contributed by atoms with Crippen molar-refractivity contribution in [2.45, 2.75) is 13.3 Å². The lowest BCUT2D eigenvalue weighted by atomic mass is 10.2. The lowest BCUT2D eigenvalue weighted by Gasteiger charge is -1.92. The lowest BCUT2D eigenvalue weighted by Crippen LogP contribution is -2.12. The van der Waals surface area contributed by atoms with Gasteiger partial charge in [-0.15, -0.1) is 11.3 Å². The van der Waals surface area contributed by atoms with Crippen molar-refractivity contribution < 1.29 is 22.8 Å². The van der Waals surface area contributed by atoms with E-state index in [9.17, 15) is 22.8 Å². The van der Waals surface area contributed by atoms with Gasteiger partial charge in [0.2, 0.25) is 16.7 Å². The van der Waals surface area contributed by atoms with E-state index in [0.717, 1.165) is 6.92 Å². The quantitative estimate of drug-likeness (QED) is 0.731. The Labute approximate surface area is 81.4 Å². The Morgan fingerprint density at radius 1 is 1.21 bits per heavy atom. The molecule has 1 aromatic heterocycles. The molecule has 0 aliphatic rings. The predicted octanol–water partition coefficient (Wildman–Crippen LogP) is 1.87. The Hall–Kier alpha value is -1.17. The fourth-order valence-electron chi connectivity index (χ4n) is 0.790. The molecule has 0 spiro atoms. The summed E-state index contributed by atoms with van der Waals surface area (Å²) in [7, 11) is 0. The zero-order valence-corrected chi connectivity index (χ0v) is 7.88. The second-order valence-electron chi connectivity index (χ2n) is 2.58. The number of carbonyl (C=O) groups excluding carboxylic acids is 2. The number of hydrogen-bond acceptors (Lipinski definition) is 3. The summed E-state index contributed by atoms with van der Waals surface area (Å²) in [5, 5.41) is -1.31. The van der Waals surface area contributed by atoms with Crippen molar-refractivity contribution in [3.8, 4) is 0 Å².